The van der Waals surface area contributed by atoms with Crippen molar-refractivity contribution in [3.63, 3.8) is 0 Å². The molecule has 330 valence electrons. The number of nitrogens with two attached hydrogens (primary N) is 1. The predicted molar refractivity (Wildman–Crippen MR) is 236 cm³/mol. The van der Waals surface area contributed by atoms with E-state index < -0.39 is 20.0 Å². The van der Waals surface area contributed by atoms with Gasteiger partial charge in [0.05, 0.1) is 25.4 Å². The number of aliphatic hydroxyl groups excluding tert-OH is 1. The zero-order valence-electron chi connectivity index (χ0n) is 36.7. The van der Waals surface area contributed by atoms with Crippen LogP contribution in [0.25, 0.3) is 0 Å². The summed E-state index contributed by atoms with van der Waals surface area (Å²) in [6, 6.07) is -0.768. The number of aliphatic hydroxyl groups is 1. The molecule has 0 aliphatic rings. The molecule has 0 radical (unpaired) electrons. The first-order chi connectivity index (χ1) is 26.9. The van der Waals surface area contributed by atoms with E-state index in [4.69, 9.17) is 14.8 Å². The number of rotatable bonds is 46. The van der Waals surface area contributed by atoms with E-state index in [-0.39, 0.29) is 25.7 Å². The van der Waals surface area contributed by atoms with Gasteiger partial charge in [-0.3, -0.25) is 13.8 Å². The van der Waals surface area contributed by atoms with Crippen molar-refractivity contribution in [3.8, 4) is 0 Å². The fourth-order valence-electron chi connectivity index (χ4n) is 7.55. The lowest BCUT2D eigenvalue weighted by atomic mass is 10.0. The Morgan fingerprint density at radius 2 is 0.836 bits per heavy atom. The fourth-order valence-corrected chi connectivity index (χ4v) is 8.31. The SMILES string of the molecule is CCCCCCCCCCCCCCCCCCCCCC(O)C(COP(=O)(O)OCCN)NC(=O)CCCCCCCCCCCCCCCCCCC. The van der Waals surface area contributed by atoms with Gasteiger partial charge in [0, 0.05) is 13.0 Å². The molecule has 3 unspecified atom stereocenters. The maximum Gasteiger partial charge on any atom is 0.472 e. The van der Waals surface area contributed by atoms with Crippen molar-refractivity contribution in [1.29, 1.82) is 0 Å². The summed E-state index contributed by atoms with van der Waals surface area (Å²) in [5, 5.41) is 13.9. The van der Waals surface area contributed by atoms with Gasteiger partial charge in [-0.05, 0) is 12.8 Å². The van der Waals surface area contributed by atoms with Crippen LogP contribution in [0.2, 0.25) is 0 Å². The number of phosphoric ester groups is 1. The molecule has 9 heteroatoms. The maximum atomic E-state index is 12.8. The lowest BCUT2D eigenvalue weighted by Gasteiger charge is -2.25. The molecule has 1 amide bonds. The second kappa shape index (κ2) is 43.1. The van der Waals surface area contributed by atoms with Gasteiger partial charge in [-0.1, -0.05) is 239 Å². The van der Waals surface area contributed by atoms with Crippen LogP contribution in [-0.4, -0.2) is 47.8 Å². The van der Waals surface area contributed by atoms with Crippen LogP contribution in [0.5, 0.6) is 0 Å². The van der Waals surface area contributed by atoms with Crippen LogP contribution in [0, 0.1) is 0 Å². The molecule has 5 N–H and O–H groups in total. The summed E-state index contributed by atoms with van der Waals surface area (Å²) < 4.78 is 22.2. The topological polar surface area (TPSA) is 131 Å². The van der Waals surface area contributed by atoms with E-state index in [1.807, 2.05) is 0 Å². The smallest absolute Gasteiger partial charge is 0.391 e. The fraction of sp³-hybridized carbons (Fsp3) is 0.978. The first-order valence-corrected chi connectivity index (χ1v) is 25.6. The van der Waals surface area contributed by atoms with Crippen molar-refractivity contribution < 1.29 is 28.4 Å². The summed E-state index contributed by atoms with van der Waals surface area (Å²) in [4.78, 5) is 22.8. The highest BCUT2D eigenvalue weighted by Gasteiger charge is 2.27. The van der Waals surface area contributed by atoms with Crippen molar-refractivity contribution >= 4 is 13.7 Å². The van der Waals surface area contributed by atoms with Gasteiger partial charge in [0.2, 0.25) is 5.91 Å². The van der Waals surface area contributed by atoms with Crippen LogP contribution in [-0.2, 0) is 18.4 Å². The molecule has 55 heavy (non-hydrogen) atoms. The first kappa shape index (κ1) is 54.5. The number of amides is 1. The largest absolute Gasteiger partial charge is 0.472 e. The Kier molecular flexibility index (Phi) is 42.7. The van der Waals surface area contributed by atoms with Gasteiger partial charge >= 0.3 is 7.82 Å². The van der Waals surface area contributed by atoms with Crippen LogP contribution >= 0.6 is 7.82 Å². The quantitative estimate of drug-likeness (QED) is 0.0356. The van der Waals surface area contributed by atoms with E-state index >= 15 is 0 Å². The van der Waals surface area contributed by atoms with Gasteiger partial charge in [0.15, 0.2) is 0 Å². The van der Waals surface area contributed by atoms with E-state index in [2.05, 4.69) is 19.2 Å². The molecule has 8 nitrogen and oxygen atoms in total. The average molecular weight is 803 g/mol. The lowest BCUT2D eigenvalue weighted by molar-refractivity contribution is -0.123. The Bertz CT molecular complexity index is 834. The molecule has 0 aromatic heterocycles. The monoisotopic (exact) mass is 803 g/mol. The molecule has 0 aliphatic carbocycles. The molecular weight excluding hydrogens is 707 g/mol. The summed E-state index contributed by atoms with van der Waals surface area (Å²) >= 11 is 0. The number of unbranched alkanes of at least 4 members (excludes halogenated alkanes) is 34. The minimum Gasteiger partial charge on any atom is -0.391 e. The molecule has 3 atom stereocenters. The molecule has 0 saturated carbocycles. The third kappa shape index (κ3) is 41.5. The van der Waals surface area contributed by atoms with Crippen molar-refractivity contribution in [2.45, 2.75) is 270 Å². The van der Waals surface area contributed by atoms with E-state index in [9.17, 15) is 19.4 Å². The Morgan fingerprint density at radius 3 is 1.16 bits per heavy atom. The Labute approximate surface area is 342 Å². The van der Waals surface area contributed by atoms with Gasteiger partial charge in [0.25, 0.3) is 0 Å². The zero-order valence-corrected chi connectivity index (χ0v) is 37.6. The highest BCUT2D eigenvalue weighted by molar-refractivity contribution is 7.47. The Balaban J connectivity index is 4.05. The number of hydrogen-bond donors (Lipinski definition) is 4. The van der Waals surface area contributed by atoms with Crippen molar-refractivity contribution in [2.75, 3.05) is 19.8 Å². The number of carbonyl (C=O) groups excluding carboxylic acids is 1. The second-order valence-electron chi connectivity index (χ2n) is 16.7. The maximum absolute atomic E-state index is 12.8. The summed E-state index contributed by atoms with van der Waals surface area (Å²) in [7, 11) is -4.31. The summed E-state index contributed by atoms with van der Waals surface area (Å²) in [6.07, 6.45) is 46.8. The Morgan fingerprint density at radius 1 is 0.527 bits per heavy atom. The normalized spacial score (nSPS) is 13.9. The molecular formula is C46H95N2O6P. The average Bonchev–Trinajstić information content (AvgIpc) is 3.17. The third-order valence-electron chi connectivity index (χ3n) is 11.2. The minimum atomic E-state index is -4.31. The number of phosphoric acid groups is 1. The summed E-state index contributed by atoms with van der Waals surface area (Å²) in [5.41, 5.74) is 5.39. The second-order valence-corrected chi connectivity index (χ2v) is 18.1. The van der Waals surface area contributed by atoms with Gasteiger partial charge in [-0.15, -0.1) is 0 Å². The molecule has 0 aromatic carbocycles. The molecule has 0 fully saturated rings. The lowest BCUT2D eigenvalue weighted by Crippen LogP contribution is -2.46. The van der Waals surface area contributed by atoms with Gasteiger partial charge in [0.1, 0.15) is 0 Å². The van der Waals surface area contributed by atoms with Crippen molar-refractivity contribution in [3.05, 3.63) is 0 Å². The molecule has 0 spiro atoms. The van der Waals surface area contributed by atoms with Crippen LogP contribution in [0.3, 0.4) is 0 Å². The van der Waals surface area contributed by atoms with E-state index in [0.29, 0.717) is 12.8 Å². The van der Waals surface area contributed by atoms with Crippen molar-refractivity contribution in [1.82, 2.24) is 5.32 Å². The number of nitrogens with one attached hydrogen (secondary N) is 1. The molecule has 0 heterocycles. The number of hydrogen-bond acceptors (Lipinski definition) is 6. The molecule has 0 aliphatic heterocycles. The van der Waals surface area contributed by atoms with Crippen molar-refractivity contribution in [2.24, 2.45) is 5.73 Å². The van der Waals surface area contributed by atoms with Gasteiger partial charge in [-0.25, -0.2) is 4.57 Å². The van der Waals surface area contributed by atoms with E-state index in [1.165, 1.54) is 193 Å². The van der Waals surface area contributed by atoms with Crippen LogP contribution in [0.1, 0.15) is 258 Å². The van der Waals surface area contributed by atoms with Gasteiger partial charge < -0.3 is 21.1 Å². The molecule has 0 saturated heterocycles. The standard InChI is InChI=1S/C46H95N2O6P/c1-3-5-7-9-11-13-15-17-19-21-22-24-25-27-29-31-33-35-37-39-45(49)44(43-54-55(51,52)53-42-41-47)48-46(50)40-38-36-34-32-30-28-26-23-20-18-16-14-12-10-8-6-4-2/h44-45,49H,3-43,47H2,1-2H3,(H,48,50)(H,51,52). The predicted octanol–water partition coefficient (Wildman–Crippen LogP) is 13.8. The van der Waals surface area contributed by atoms with Crippen LogP contribution in [0.4, 0.5) is 0 Å². The highest BCUT2D eigenvalue weighted by Crippen LogP contribution is 2.43. The van der Waals surface area contributed by atoms with Crippen LogP contribution in [0.15, 0.2) is 0 Å². The zero-order chi connectivity index (χ0) is 40.3. The molecule has 0 bridgehead atoms. The molecule has 0 aromatic rings. The summed E-state index contributed by atoms with van der Waals surface area (Å²) in [5.74, 6) is -0.155. The third-order valence-corrected chi connectivity index (χ3v) is 12.2. The van der Waals surface area contributed by atoms with E-state index in [0.717, 1.165) is 38.5 Å². The Hall–Kier alpha value is -0.500. The van der Waals surface area contributed by atoms with Gasteiger partial charge in [-0.2, -0.15) is 0 Å². The van der Waals surface area contributed by atoms with E-state index in [1.54, 1.807) is 0 Å². The molecule has 0 rings (SSSR count). The van der Waals surface area contributed by atoms with Crippen LogP contribution < -0.4 is 11.1 Å². The highest BCUT2D eigenvalue weighted by atomic mass is 31.2. The number of carbonyl (C=O) groups is 1. The summed E-state index contributed by atoms with van der Waals surface area (Å²) in [6.45, 7) is 4.25. The minimum absolute atomic E-state index is 0.0927. The first-order valence-electron chi connectivity index (χ1n) is 24.2.